The monoisotopic (exact) mass is 246 g/mol. The van der Waals surface area contributed by atoms with Gasteiger partial charge in [-0.05, 0) is 13.8 Å². The summed E-state index contributed by atoms with van der Waals surface area (Å²) in [5, 5.41) is -0.208. The number of halogens is 1. The first-order valence-electron chi connectivity index (χ1n) is 4.66. The summed E-state index contributed by atoms with van der Waals surface area (Å²) in [5.74, 6) is -1.34. The van der Waals surface area contributed by atoms with Gasteiger partial charge in [0.25, 0.3) is 5.56 Å². The molecule has 1 atom stereocenters. The largest absolute Gasteiger partial charge is 0.465 e. The number of ether oxygens (including phenoxy) is 1. The molecule has 88 valence electrons. The number of aromatic amines is 2. The van der Waals surface area contributed by atoms with E-state index in [1.165, 1.54) is 6.92 Å². The van der Waals surface area contributed by atoms with Crippen molar-refractivity contribution in [2.24, 2.45) is 0 Å². The van der Waals surface area contributed by atoms with Crippen LogP contribution in [0.4, 0.5) is 0 Å². The zero-order valence-corrected chi connectivity index (χ0v) is 9.55. The highest BCUT2D eigenvalue weighted by Crippen LogP contribution is 2.18. The molecule has 0 aromatic carbocycles. The minimum Gasteiger partial charge on any atom is -0.465 e. The number of hydrogen-bond acceptors (Lipinski definition) is 4. The van der Waals surface area contributed by atoms with Crippen molar-refractivity contribution >= 4 is 17.6 Å². The summed E-state index contributed by atoms with van der Waals surface area (Å²) in [5.41, 5.74) is -1.37. The van der Waals surface area contributed by atoms with Gasteiger partial charge >= 0.3 is 11.7 Å². The van der Waals surface area contributed by atoms with E-state index in [2.05, 4.69) is 4.98 Å². The Morgan fingerprint density at radius 3 is 2.62 bits per heavy atom. The predicted molar refractivity (Wildman–Crippen MR) is 57.7 cm³/mol. The molecule has 0 spiro atoms. The molecule has 1 unspecified atom stereocenters. The second-order valence-corrected chi connectivity index (χ2v) is 3.49. The minimum absolute atomic E-state index is 0.0638. The maximum Gasteiger partial charge on any atom is 0.325 e. The molecule has 0 saturated heterocycles. The Balaban J connectivity index is 3.18. The lowest BCUT2D eigenvalue weighted by atomic mass is 10.1. The Hall–Kier alpha value is -1.56. The standard InChI is InChI=1S/C9H11ClN2O4/c1-3-16-8(14)4(2)6-5(10)7(13)12-9(15)11-6/h4H,3H2,1-2H3,(H2,11,12,13,15). The summed E-state index contributed by atoms with van der Waals surface area (Å²) >= 11 is 5.68. The van der Waals surface area contributed by atoms with E-state index in [0.29, 0.717) is 0 Å². The maximum atomic E-state index is 11.4. The van der Waals surface area contributed by atoms with E-state index < -0.39 is 23.1 Å². The fourth-order valence-corrected chi connectivity index (χ4v) is 1.43. The number of carbonyl (C=O) groups excluding carboxylic acids is 1. The molecule has 0 saturated carbocycles. The molecule has 16 heavy (non-hydrogen) atoms. The summed E-state index contributed by atoms with van der Waals surface area (Å²) in [7, 11) is 0. The molecular formula is C9H11ClN2O4. The SMILES string of the molecule is CCOC(=O)C(C)c1[nH]c(=O)[nH]c(=O)c1Cl. The average molecular weight is 247 g/mol. The van der Waals surface area contributed by atoms with Crippen LogP contribution in [0.5, 0.6) is 0 Å². The molecule has 0 aliphatic heterocycles. The molecule has 0 aliphatic carbocycles. The third-order valence-electron chi connectivity index (χ3n) is 1.98. The van der Waals surface area contributed by atoms with Crippen molar-refractivity contribution in [3.8, 4) is 0 Å². The van der Waals surface area contributed by atoms with Crippen LogP contribution >= 0.6 is 11.6 Å². The molecule has 1 aromatic heterocycles. The van der Waals surface area contributed by atoms with Gasteiger partial charge < -0.3 is 9.72 Å². The quantitative estimate of drug-likeness (QED) is 0.755. The number of carbonyl (C=O) groups is 1. The Labute approximate surface area is 95.6 Å². The summed E-state index contributed by atoms with van der Waals surface area (Å²) in [6, 6.07) is 0. The second-order valence-electron chi connectivity index (χ2n) is 3.11. The van der Waals surface area contributed by atoms with Gasteiger partial charge in [-0.2, -0.15) is 0 Å². The van der Waals surface area contributed by atoms with Crippen LogP contribution in [-0.4, -0.2) is 22.5 Å². The van der Waals surface area contributed by atoms with Crippen molar-refractivity contribution in [3.63, 3.8) is 0 Å². The lowest BCUT2D eigenvalue weighted by Gasteiger charge is -2.10. The molecule has 0 aliphatic rings. The average Bonchev–Trinajstić information content (AvgIpc) is 2.22. The van der Waals surface area contributed by atoms with Crippen molar-refractivity contribution in [1.29, 1.82) is 0 Å². The topological polar surface area (TPSA) is 92.0 Å². The van der Waals surface area contributed by atoms with Gasteiger partial charge in [-0.3, -0.25) is 14.6 Å². The molecular weight excluding hydrogens is 236 g/mol. The first kappa shape index (κ1) is 12.5. The van der Waals surface area contributed by atoms with Crippen molar-refractivity contribution in [2.45, 2.75) is 19.8 Å². The Bertz CT molecular complexity index is 505. The highest BCUT2D eigenvalue weighted by molar-refractivity contribution is 6.31. The molecule has 7 heteroatoms. The second kappa shape index (κ2) is 4.98. The molecule has 6 nitrogen and oxygen atoms in total. The van der Waals surface area contributed by atoms with Crippen LogP contribution in [-0.2, 0) is 9.53 Å². The van der Waals surface area contributed by atoms with E-state index in [4.69, 9.17) is 16.3 Å². The van der Waals surface area contributed by atoms with Crippen molar-refractivity contribution in [2.75, 3.05) is 6.61 Å². The molecule has 0 radical (unpaired) electrons. The fraction of sp³-hybridized carbons (Fsp3) is 0.444. The van der Waals surface area contributed by atoms with Gasteiger partial charge in [0.15, 0.2) is 0 Å². The zero-order chi connectivity index (χ0) is 12.3. The molecule has 0 fully saturated rings. The minimum atomic E-state index is -0.789. The molecule has 1 aromatic rings. The predicted octanol–water partition coefficient (Wildman–Crippen LogP) is 0.383. The van der Waals surface area contributed by atoms with Gasteiger partial charge in [0.1, 0.15) is 5.02 Å². The van der Waals surface area contributed by atoms with Crippen LogP contribution in [0.25, 0.3) is 0 Å². The lowest BCUT2D eigenvalue weighted by molar-refractivity contribution is -0.144. The van der Waals surface area contributed by atoms with E-state index in [0.717, 1.165) is 0 Å². The van der Waals surface area contributed by atoms with Crippen LogP contribution in [0.1, 0.15) is 25.5 Å². The molecule has 0 bridgehead atoms. The van der Waals surface area contributed by atoms with Gasteiger partial charge in [-0.1, -0.05) is 11.6 Å². The van der Waals surface area contributed by atoms with Crippen LogP contribution < -0.4 is 11.2 Å². The van der Waals surface area contributed by atoms with E-state index in [-0.39, 0.29) is 17.3 Å². The summed E-state index contributed by atoms with van der Waals surface area (Å²) in [6.45, 7) is 3.37. The Kier molecular flexibility index (Phi) is 3.89. The van der Waals surface area contributed by atoms with Crippen LogP contribution in [0.15, 0.2) is 9.59 Å². The van der Waals surface area contributed by atoms with Gasteiger partial charge in [0.05, 0.1) is 18.2 Å². The summed E-state index contributed by atoms with van der Waals surface area (Å²) < 4.78 is 4.76. The fourth-order valence-electron chi connectivity index (χ4n) is 1.17. The molecule has 2 N–H and O–H groups in total. The van der Waals surface area contributed by atoms with Crippen LogP contribution in [0.2, 0.25) is 5.02 Å². The number of aromatic nitrogens is 2. The normalized spacial score (nSPS) is 12.2. The Morgan fingerprint density at radius 2 is 2.06 bits per heavy atom. The number of H-pyrrole nitrogens is 2. The first-order chi connectivity index (χ1) is 7.47. The number of nitrogens with one attached hydrogen (secondary N) is 2. The van der Waals surface area contributed by atoms with Crippen molar-refractivity contribution in [1.82, 2.24) is 9.97 Å². The summed E-state index contributed by atoms with van der Waals surface area (Å²) in [6.07, 6.45) is 0. The van der Waals surface area contributed by atoms with E-state index in [1.54, 1.807) is 6.92 Å². The zero-order valence-electron chi connectivity index (χ0n) is 8.80. The van der Waals surface area contributed by atoms with Gasteiger partial charge in [0.2, 0.25) is 0 Å². The van der Waals surface area contributed by atoms with Gasteiger partial charge in [0, 0.05) is 0 Å². The van der Waals surface area contributed by atoms with Gasteiger partial charge in [-0.15, -0.1) is 0 Å². The van der Waals surface area contributed by atoms with E-state index in [1.807, 2.05) is 4.98 Å². The van der Waals surface area contributed by atoms with E-state index in [9.17, 15) is 14.4 Å². The number of esters is 1. The highest BCUT2D eigenvalue weighted by Gasteiger charge is 2.21. The smallest absolute Gasteiger partial charge is 0.325 e. The molecule has 1 rings (SSSR count). The number of hydrogen-bond donors (Lipinski definition) is 2. The Morgan fingerprint density at radius 1 is 1.44 bits per heavy atom. The first-order valence-corrected chi connectivity index (χ1v) is 5.03. The third-order valence-corrected chi connectivity index (χ3v) is 2.36. The van der Waals surface area contributed by atoms with Crippen molar-refractivity contribution < 1.29 is 9.53 Å². The van der Waals surface area contributed by atoms with Crippen LogP contribution in [0, 0.1) is 0 Å². The molecule has 0 amide bonds. The maximum absolute atomic E-state index is 11.4. The third kappa shape index (κ3) is 2.52. The van der Waals surface area contributed by atoms with Gasteiger partial charge in [-0.25, -0.2) is 4.79 Å². The molecule has 1 heterocycles. The summed E-state index contributed by atoms with van der Waals surface area (Å²) in [4.78, 5) is 37.9. The van der Waals surface area contributed by atoms with E-state index >= 15 is 0 Å². The lowest BCUT2D eigenvalue weighted by Crippen LogP contribution is -2.27. The number of rotatable bonds is 3. The van der Waals surface area contributed by atoms with Crippen LogP contribution in [0.3, 0.4) is 0 Å². The van der Waals surface area contributed by atoms with Crippen molar-refractivity contribution in [3.05, 3.63) is 31.6 Å². The highest BCUT2D eigenvalue weighted by atomic mass is 35.5.